The molecule has 27 heavy (non-hydrogen) atoms. The summed E-state index contributed by atoms with van der Waals surface area (Å²) < 4.78 is 5.67. The molecule has 2 saturated carbocycles. The van der Waals surface area contributed by atoms with Crippen LogP contribution in [0.2, 0.25) is 0 Å². The van der Waals surface area contributed by atoms with Crippen LogP contribution in [0.25, 0.3) is 0 Å². The summed E-state index contributed by atoms with van der Waals surface area (Å²) in [6.07, 6.45) is 2.44. The van der Waals surface area contributed by atoms with Gasteiger partial charge in [-0.3, -0.25) is 4.79 Å². The number of Topliss-reactive ketones (excluding diaryl/α,β-unsaturated/α-hetero) is 1. The van der Waals surface area contributed by atoms with Crippen LogP contribution in [-0.4, -0.2) is 46.7 Å². The third kappa shape index (κ3) is 2.34. The van der Waals surface area contributed by atoms with E-state index in [9.17, 15) is 19.8 Å². The lowest BCUT2D eigenvalue weighted by molar-refractivity contribution is -0.240. The molecule has 7 unspecified atom stereocenters. The number of ketones is 1. The second-order valence-electron chi connectivity index (χ2n) is 10.1. The number of rotatable bonds is 2. The lowest BCUT2D eigenvalue weighted by atomic mass is 9.46. The van der Waals surface area contributed by atoms with Crippen molar-refractivity contribution in [2.45, 2.75) is 77.6 Å². The van der Waals surface area contributed by atoms with Gasteiger partial charge in [0.2, 0.25) is 0 Å². The molecular weight excluding hydrogens is 344 g/mol. The maximum Gasteiger partial charge on any atom is 0.149 e. The third-order valence-electron chi connectivity index (χ3n) is 8.71. The Morgan fingerprint density at radius 3 is 2.59 bits per heavy atom. The van der Waals surface area contributed by atoms with Gasteiger partial charge >= 0.3 is 0 Å². The maximum atomic E-state index is 13.9. The summed E-state index contributed by atoms with van der Waals surface area (Å²) in [4.78, 5) is 25.4. The smallest absolute Gasteiger partial charge is 0.149 e. The Bertz CT molecular complexity index is 709. The monoisotopic (exact) mass is 376 g/mol. The largest absolute Gasteiger partial charge is 0.392 e. The molecule has 2 bridgehead atoms. The Morgan fingerprint density at radius 2 is 2.00 bits per heavy atom. The summed E-state index contributed by atoms with van der Waals surface area (Å²) in [5.41, 5.74) is -0.448. The van der Waals surface area contributed by atoms with Crippen LogP contribution in [0, 0.1) is 28.6 Å². The number of aliphatic hydroxyl groups excluding tert-OH is 1. The predicted molar refractivity (Wildman–Crippen MR) is 99.9 cm³/mol. The van der Waals surface area contributed by atoms with Gasteiger partial charge in [0, 0.05) is 30.1 Å². The van der Waals surface area contributed by atoms with Gasteiger partial charge < -0.3 is 19.7 Å². The normalized spacial score (nSPS) is 48.7. The van der Waals surface area contributed by atoms with Crippen molar-refractivity contribution < 1.29 is 24.5 Å². The van der Waals surface area contributed by atoms with E-state index in [1.165, 1.54) is 0 Å². The summed E-state index contributed by atoms with van der Waals surface area (Å²) in [6.45, 7) is 8.52. The van der Waals surface area contributed by atoms with Gasteiger partial charge in [0.15, 0.2) is 0 Å². The van der Waals surface area contributed by atoms with E-state index in [0.717, 1.165) is 23.9 Å². The number of allylic oxidation sites excluding steroid dienone is 1. The molecule has 0 radical (unpaired) electrons. The van der Waals surface area contributed by atoms with Crippen LogP contribution in [0.4, 0.5) is 0 Å². The molecule has 5 heteroatoms. The molecular formula is C22H32O5. The van der Waals surface area contributed by atoms with E-state index >= 15 is 0 Å². The number of fused-ring (bicyclic) bond motifs is 5. The van der Waals surface area contributed by atoms with Gasteiger partial charge in [-0.1, -0.05) is 25.0 Å². The molecule has 7 atom stereocenters. The van der Waals surface area contributed by atoms with Gasteiger partial charge in [0.05, 0.1) is 29.8 Å². The molecule has 4 aliphatic rings. The van der Waals surface area contributed by atoms with Gasteiger partial charge in [-0.25, -0.2) is 0 Å². The lowest BCUT2D eigenvalue weighted by Crippen LogP contribution is -2.67. The second kappa shape index (κ2) is 5.98. The first-order valence-corrected chi connectivity index (χ1v) is 10.3. The van der Waals surface area contributed by atoms with Gasteiger partial charge in [0.1, 0.15) is 12.1 Å². The van der Waals surface area contributed by atoms with Crippen molar-refractivity contribution >= 4 is 12.1 Å². The summed E-state index contributed by atoms with van der Waals surface area (Å²) in [5.74, 6) is -0.536. The highest BCUT2D eigenvalue weighted by molar-refractivity contribution is 5.92. The minimum Gasteiger partial charge on any atom is -0.392 e. The van der Waals surface area contributed by atoms with Crippen LogP contribution in [-0.2, 0) is 14.3 Å². The van der Waals surface area contributed by atoms with E-state index in [1.54, 1.807) is 0 Å². The Kier molecular flexibility index (Phi) is 4.27. The quantitative estimate of drug-likeness (QED) is 0.571. The van der Waals surface area contributed by atoms with Crippen molar-refractivity contribution in [1.29, 1.82) is 0 Å². The first-order valence-electron chi connectivity index (χ1n) is 10.3. The topological polar surface area (TPSA) is 83.8 Å². The number of ether oxygens (including phenoxy) is 1. The number of carbonyl (C=O) groups is 2. The standard InChI is InChI=1S/C22H32O5/c1-12-5-7-22(26)10-15-14-11-27-16(14)9-17(24)21(15,4)19(25)13(6-8-23)18(12)20(22,2)3/h8,13-17,24,26H,5-7,9-11H2,1-4H3. The third-order valence-corrected chi connectivity index (χ3v) is 8.71. The van der Waals surface area contributed by atoms with E-state index in [0.29, 0.717) is 25.9 Å². The van der Waals surface area contributed by atoms with E-state index in [2.05, 4.69) is 0 Å². The molecule has 0 spiro atoms. The molecule has 1 heterocycles. The predicted octanol–water partition coefficient (Wildman–Crippen LogP) is 2.43. The van der Waals surface area contributed by atoms with Gasteiger partial charge in [-0.15, -0.1) is 0 Å². The Hall–Kier alpha value is -1.04. The van der Waals surface area contributed by atoms with Gasteiger partial charge in [0.25, 0.3) is 0 Å². The highest BCUT2D eigenvalue weighted by Crippen LogP contribution is 2.62. The minimum atomic E-state index is -0.952. The van der Waals surface area contributed by atoms with E-state index in [-0.39, 0.29) is 30.1 Å². The van der Waals surface area contributed by atoms with E-state index in [1.807, 2.05) is 27.7 Å². The highest BCUT2D eigenvalue weighted by atomic mass is 16.5. The Balaban J connectivity index is 1.92. The highest BCUT2D eigenvalue weighted by Gasteiger charge is 2.65. The summed E-state index contributed by atoms with van der Waals surface area (Å²) in [6, 6.07) is 0. The average Bonchev–Trinajstić information content (AvgIpc) is 2.58. The lowest BCUT2D eigenvalue weighted by Gasteiger charge is -2.62. The summed E-state index contributed by atoms with van der Waals surface area (Å²) in [7, 11) is 0. The number of hydrogen-bond acceptors (Lipinski definition) is 5. The van der Waals surface area contributed by atoms with E-state index < -0.39 is 28.5 Å². The number of aldehydes is 1. The number of hydrogen-bond donors (Lipinski definition) is 2. The van der Waals surface area contributed by atoms with Crippen molar-refractivity contribution in [3.63, 3.8) is 0 Å². The van der Waals surface area contributed by atoms with Crippen LogP contribution < -0.4 is 0 Å². The van der Waals surface area contributed by atoms with Crippen LogP contribution >= 0.6 is 0 Å². The molecule has 150 valence electrons. The van der Waals surface area contributed by atoms with Crippen LogP contribution in [0.1, 0.15) is 59.8 Å². The molecule has 0 aromatic carbocycles. The zero-order chi connectivity index (χ0) is 19.8. The molecule has 5 nitrogen and oxygen atoms in total. The van der Waals surface area contributed by atoms with Crippen molar-refractivity contribution in [3.8, 4) is 0 Å². The summed E-state index contributed by atoms with van der Waals surface area (Å²) in [5, 5.41) is 22.9. The van der Waals surface area contributed by atoms with Crippen LogP contribution in [0.3, 0.4) is 0 Å². The van der Waals surface area contributed by atoms with Gasteiger partial charge in [-0.2, -0.15) is 0 Å². The van der Waals surface area contributed by atoms with Gasteiger partial charge in [-0.05, 0) is 39.0 Å². The van der Waals surface area contributed by atoms with Crippen molar-refractivity contribution in [3.05, 3.63) is 11.1 Å². The molecule has 0 amide bonds. The summed E-state index contributed by atoms with van der Waals surface area (Å²) >= 11 is 0. The molecule has 0 aromatic rings. The maximum absolute atomic E-state index is 13.9. The molecule has 4 rings (SSSR count). The second-order valence-corrected chi connectivity index (χ2v) is 10.1. The number of carbonyl (C=O) groups excluding carboxylic acids is 2. The molecule has 1 aliphatic heterocycles. The van der Waals surface area contributed by atoms with Crippen molar-refractivity contribution in [2.24, 2.45) is 28.6 Å². The minimum absolute atomic E-state index is 0.0242. The zero-order valence-corrected chi connectivity index (χ0v) is 16.8. The Morgan fingerprint density at radius 1 is 1.30 bits per heavy atom. The molecule has 3 fully saturated rings. The van der Waals surface area contributed by atoms with E-state index in [4.69, 9.17) is 4.74 Å². The molecule has 2 N–H and O–H groups in total. The van der Waals surface area contributed by atoms with Crippen molar-refractivity contribution in [1.82, 2.24) is 0 Å². The van der Waals surface area contributed by atoms with Crippen LogP contribution in [0.5, 0.6) is 0 Å². The number of aliphatic hydroxyl groups is 2. The average molecular weight is 376 g/mol. The molecule has 0 aromatic heterocycles. The van der Waals surface area contributed by atoms with Crippen LogP contribution in [0.15, 0.2) is 11.1 Å². The molecule has 3 aliphatic carbocycles. The fourth-order valence-corrected chi connectivity index (χ4v) is 6.74. The fraction of sp³-hybridized carbons (Fsp3) is 0.818. The molecule has 1 saturated heterocycles. The Labute approximate surface area is 161 Å². The SMILES string of the molecule is CC1=C2C(CC=O)C(=O)C3(C)C(O)CC4OCC4C3CC(O)(CC1)C2(C)C. The first-order chi connectivity index (χ1) is 12.6. The zero-order valence-electron chi connectivity index (χ0n) is 16.8. The fourth-order valence-electron chi connectivity index (χ4n) is 6.74. The first kappa shape index (κ1) is 19.3. The van der Waals surface area contributed by atoms with Crippen molar-refractivity contribution in [2.75, 3.05) is 6.61 Å².